The second-order valence-corrected chi connectivity index (χ2v) is 20.6. The number of rotatable bonds is 6. The number of para-hydroxylation sites is 4. The molecule has 0 saturated carbocycles. The van der Waals surface area contributed by atoms with Crippen molar-refractivity contribution in [3.8, 4) is 55.6 Å². The molecule has 1 aliphatic heterocycles. The molecule has 12 aromatic rings. The quantitative estimate of drug-likeness (QED) is 0.164. The first-order chi connectivity index (χ1) is 37.7. The van der Waals surface area contributed by atoms with Gasteiger partial charge in [-0.1, -0.05) is 237 Å². The molecule has 3 aliphatic carbocycles. The zero-order chi connectivity index (χ0) is 50.0. The van der Waals surface area contributed by atoms with E-state index in [0.29, 0.717) is 0 Å². The molecule has 0 atom stereocenters. The minimum atomic E-state index is -0.637. The summed E-state index contributed by atoms with van der Waals surface area (Å²) in [6.07, 6.45) is 0. The number of fused-ring (bicyclic) bond motifs is 19. The average Bonchev–Trinajstić information content (AvgIpc) is 4.27. The van der Waals surface area contributed by atoms with Gasteiger partial charge in [0.2, 0.25) is 0 Å². The smallest absolute Gasteiger partial charge is 0.0755 e. The minimum absolute atomic E-state index is 0.506. The summed E-state index contributed by atoms with van der Waals surface area (Å²) < 4.78 is 0. The maximum Gasteiger partial charge on any atom is 0.0755 e. The molecule has 0 fully saturated rings. The lowest BCUT2D eigenvalue weighted by Crippen LogP contribution is -2.36. The normalized spacial score (nSPS) is 14.0. The van der Waals surface area contributed by atoms with E-state index in [2.05, 4.69) is 301 Å². The molecule has 1 heterocycles. The lowest BCUT2D eigenvalue weighted by Gasteiger charge is -2.45. The van der Waals surface area contributed by atoms with Crippen LogP contribution in [0.4, 0.5) is 34.1 Å². The highest BCUT2D eigenvalue weighted by molar-refractivity contribution is 6.04. The third-order valence-corrected chi connectivity index (χ3v) is 17.1. The van der Waals surface area contributed by atoms with Crippen molar-refractivity contribution >= 4 is 34.1 Å². The Bertz CT molecular complexity index is 4230. The van der Waals surface area contributed by atoms with E-state index in [9.17, 15) is 0 Å². The molecule has 4 aliphatic rings. The van der Waals surface area contributed by atoms with Crippen molar-refractivity contribution in [3.63, 3.8) is 0 Å². The first kappa shape index (κ1) is 42.7. The van der Waals surface area contributed by atoms with Gasteiger partial charge >= 0.3 is 0 Å². The fraction of sp³-hybridized carbons (Fsp3) is 0.0270. The predicted octanol–water partition coefficient (Wildman–Crippen LogP) is 19.0. The topological polar surface area (TPSA) is 6.48 Å². The highest BCUT2D eigenvalue weighted by Crippen LogP contribution is 2.67. The average molecular weight is 965 g/mol. The van der Waals surface area contributed by atoms with Crippen LogP contribution in [0.15, 0.2) is 291 Å². The van der Waals surface area contributed by atoms with Crippen molar-refractivity contribution < 1.29 is 0 Å². The van der Waals surface area contributed by atoms with E-state index in [1.165, 1.54) is 100 Å². The summed E-state index contributed by atoms with van der Waals surface area (Å²) in [5.74, 6) is 0. The van der Waals surface area contributed by atoms with Crippen molar-refractivity contribution in [3.05, 3.63) is 336 Å². The molecule has 0 unspecified atom stereocenters. The second kappa shape index (κ2) is 16.4. The Labute approximate surface area is 443 Å². The Balaban J connectivity index is 0.999. The fourth-order valence-corrected chi connectivity index (χ4v) is 14.2. The first-order valence-corrected chi connectivity index (χ1v) is 26.5. The summed E-state index contributed by atoms with van der Waals surface area (Å²) in [6, 6.07) is 109. The molecule has 2 nitrogen and oxygen atoms in total. The molecule has 12 aromatic carbocycles. The van der Waals surface area contributed by atoms with Crippen molar-refractivity contribution in [2.24, 2.45) is 0 Å². The summed E-state index contributed by atoms with van der Waals surface area (Å²) in [6.45, 7) is 0. The van der Waals surface area contributed by atoms with E-state index in [1.807, 2.05) is 0 Å². The summed E-state index contributed by atoms with van der Waals surface area (Å²) in [7, 11) is 0. The summed E-state index contributed by atoms with van der Waals surface area (Å²) in [5, 5.41) is 0. The maximum atomic E-state index is 2.60. The van der Waals surface area contributed by atoms with E-state index in [0.717, 1.165) is 33.9 Å². The van der Waals surface area contributed by atoms with Crippen LogP contribution in [0.5, 0.6) is 0 Å². The number of benzene rings is 12. The standard InChI is InChI=1S/C74H48N2/c1-3-23-49(24-4-1)50-25-21-26-51(47-50)54-29-11-18-41-68(54)76(71-44-22-40-66-72(71)59-33-10-15-37-63(59)73(66)60-34-12-7-30-55(60)56-31-8-13-35-61(56)73)53-45-46-58-57-32-9-14-36-62(57)74(67(58)48-53)64-38-16-19-42-69(64)75(52-27-5-2-6-28-52)70-43-20-17-39-65(70)74/h1-48H. The Morgan fingerprint density at radius 1 is 0.250 bits per heavy atom. The van der Waals surface area contributed by atoms with Crippen LogP contribution in [0.2, 0.25) is 0 Å². The molecule has 0 aromatic heterocycles. The van der Waals surface area contributed by atoms with Gasteiger partial charge in [-0.25, -0.2) is 0 Å². The van der Waals surface area contributed by atoms with Crippen LogP contribution >= 0.6 is 0 Å². The lowest BCUT2D eigenvalue weighted by atomic mass is 9.64. The molecule has 2 spiro atoms. The summed E-state index contributed by atoms with van der Waals surface area (Å²) >= 11 is 0. The van der Waals surface area contributed by atoms with Crippen molar-refractivity contribution in [1.82, 2.24) is 0 Å². The fourth-order valence-electron chi connectivity index (χ4n) is 14.2. The van der Waals surface area contributed by atoms with Gasteiger partial charge in [0, 0.05) is 22.5 Å². The van der Waals surface area contributed by atoms with Crippen molar-refractivity contribution in [1.29, 1.82) is 0 Å². The molecule has 2 heteroatoms. The first-order valence-electron chi connectivity index (χ1n) is 26.5. The molecule has 0 radical (unpaired) electrons. The molecule has 0 amide bonds. The van der Waals surface area contributed by atoms with E-state index in [-0.39, 0.29) is 0 Å². The van der Waals surface area contributed by atoms with Crippen LogP contribution in [-0.2, 0) is 10.8 Å². The Morgan fingerprint density at radius 3 is 1.30 bits per heavy atom. The molecule has 0 bridgehead atoms. The van der Waals surface area contributed by atoms with Crippen molar-refractivity contribution in [2.45, 2.75) is 10.8 Å². The monoisotopic (exact) mass is 964 g/mol. The Hall–Kier alpha value is -9.76. The largest absolute Gasteiger partial charge is 0.310 e. The van der Waals surface area contributed by atoms with Crippen LogP contribution < -0.4 is 9.80 Å². The summed E-state index contributed by atoms with van der Waals surface area (Å²) in [5.41, 5.74) is 28.4. The van der Waals surface area contributed by atoms with E-state index < -0.39 is 10.8 Å². The number of anilines is 6. The zero-order valence-electron chi connectivity index (χ0n) is 41.6. The van der Waals surface area contributed by atoms with E-state index >= 15 is 0 Å². The Morgan fingerprint density at radius 2 is 0.671 bits per heavy atom. The second-order valence-electron chi connectivity index (χ2n) is 20.6. The molecular formula is C74H48N2. The van der Waals surface area contributed by atoms with E-state index in [1.54, 1.807) is 0 Å². The van der Waals surface area contributed by atoms with Crippen LogP contribution in [-0.4, -0.2) is 0 Å². The SMILES string of the molecule is c1ccc(-c2cccc(-c3ccccc3N(c3ccc4c(c3)C3(c5ccccc5-4)c4ccccc4N(c4ccccc4)c4ccccc43)c3cccc4c3-c3ccccc3C43c4ccccc4-c4ccccc43)c2)cc1. The van der Waals surface area contributed by atoms with Gasteiger partial charge in [0.05, 0.1) is 33.6 Å². The van der Waals surface area contributed by atoms with E-state index in [4.69, 9.17) is 0 Å². The van der Waals surface area contributed by atoms with Gasteiger partial charge in [0.1, 0.15) is 0 Å². The summed E-state index contributed by atoms with van der Waals surface area (Å²) in [4.78, 5) is 5.06. The highest BCUT2D eigenvalue weighted by Gasteiger charge is 2.54. The highest BCUT2D eigenvalue weighted by atomic mass is 15.2. The zero-order valence-corrected chi connectivity index (χ0v) is 41.6. The van der Waals surface area contributed by atoms with Gasteiger partial charge in [-0.15, -0.1) is 0 Å². The molecule has 16 rings (SSSR count). The number of hydrogen-bond acceptors (Lipinski definition) is 2. The third kappa shape index (κ3) is 5.70. The van der Waals surface area contributed by atoms with Gasteiger partial charge in [-0.3, -0.25) is 0 Å². The lowest BCUT2D eigenvalue weighted by molar-refractivity contribution is 0.752. The van der Waals surface area contributed by atoms with Crippen molar-refractivity contribution in [2.75, 3.05) is 9.80 Å². The van der Waals surface area contributed by atoms with Gasteiger partial charge in [-0.2, -0.15) is 0 Å². The molecule has 0 saturated heterocycles. The molecule has 0 N–H and O–H groups in total. The molecule has 354 valence electrons. The van der Waals surface area contributed by atoms with Crippen LogP contribution in [0, 0.1) is 0 Å². The third-order valence-electron chi connectivity index (χ3n) is 17.1. The van der Waals surface area contributed by atoms with Gasteiger partial charge in [0.15, 0.2) is 0 Å². The Kier molecular flexibility index (Phi) is 9.20. The van der Waals surface area contributed by atoms with Gasteiger partial charge in [-0.05, 0) is 144 Å². The molecular weight excluding hydrogens is 917 g/mol. The molecule has 76 heavy (non-hydrogen) atoms. The minimum Gasteiger partial charge on any atom is -0.310 e. The van der Waals surface area contributed by atoms with Crippen LogP contribution in [0.1, 0.15) is 44.5 Å². The predicted molar refractivity (Wildman–Crippen MR) is 314 cm³/mol. The number of nitrogens with zero attached hydrogens (tertiary/aromatic N) is 2. The van der Waals surface area contributed by atoms with Crippen LogP contribution in [0.25, 0.3) is 55.6 Å². The van der Waals surface area contributed by atoms with Crippen LogP contribution in [0.3, 0.4) is 0 Å². The number of hydrogen-bond donors (Lipinski definition) is 0. The maximum absolute atomic E-state index is 2.60. The van der Waals surface area contributed by atoms with Gasteiger partial charge in [0.25, 0.3) is 0 Å². The van der Waals surface area contributed by atoms with Gasteiger partial charge < -0.3 is 9.80 Å².